The maximum absolute atomic E-state index is 7.77. The van der Waals surface area contributed by atoms with Crippen molar-refractivity contribution in [3.8, 4) is 11.3 Å². The fraction of sp³-hybridized carbons (Fsp3) is 0.267. The van der Waals surface area contributed by atoms with Crippen LogP contribution in [0.3, 0.4) is 0 Å². The topological polar surface area (TPSA) is 3.88 Å². The molecule has 0 aliphatic heterocycles. The quantitative estimate of drug-likeness (QED) is 0.648. The van der Waals surface area contributed by atoms with Crippen molar-refractivity contribution in [2.75, 3.05) is 0 Å². The van der Waals surface area contributed by atoms with Gasteiger partial charge in [0, 0.05) is 20.4 Å². The van der Waals surface area contributed by atoms with E-state index in [-0.39, 0.29) is 11.1 Å². The molecule has 0 fully saturated rings. The molecule has 0 saturated carbocycles. The third kappa shape index (κ3) is 1.85. The van der Waals surface area contributed by atoms with E-state index in [1.807, 2.05) is 36.0 Å². The number of hydrogen-bond acceptors (Lipinski definition) is 0. The molecular formula is C15H18N+. The van der Waals surface area contributed by atoms with E-state index in [0.29, 0.717) is 11.1 Å². The fourth-order valence-electron chi connectivity index (χ4n) is 1.91. The fourth-order valence-corrected chi connectivity index (χ4v) is 1.91. The minimum atomic E-state index is -2.38. The summed E-state index contributed by atoms with van der Waals surface area (Å²) in [6.07, 6.45) is 1.83. The lowest BCUT2D eigenvalue weighted by molar-refractivity contribution is -0.660. The summed E-state index contributed by atoms with van der Waals surface area (Å²) in [6.45, 7) is -2.97. The number of aryl methyl sites for hydroxylation is 4. The molecule has 1 heteroatoms. The zero-order chi connectivity index (χ0) is 16.7. The molecule has 0 aliphatic rings. The Kier molecular flexibility index (Phi) is 1.44. The Morgan fingerprint density at radius 2 is 1.94 bits per heavy atom. The number of hydrogen-bond donors (Lipinski definition) is 0. The van der Waals surface area contributed by atoms with Gasteiger partial charge in [-0.2, -0.15) is 0 Å². The normalized spacial score (nSPS) is 17.6. The second-order valence-corrected chi connectivity index (χ2v) is 3.91. The first-order valence-electron chi connectivity index (χ1n) is 8.12. The Morgan fingerprint density at radius 3 is 2.62 bits per heavy atom. The van der Waals surface area contributed by atoms with Crippen molar-refractivity contribution in [1.82, 2.24) is 0 Å². The number of aromatic nitrogens is 1. The molecule has 1 aromatic heterocycles. The largest absolute Gasteiger partial charge is 0.212 e. The van der Waals surface area contributed by atoms with E-state index in [1.54, 1.807) is 13.0 Å². The van der Waals surface area contributed by atoms with E-state index in [4.69, 9.17) is 8.22 Å². The van der Waals surface area contributed by atoms with Gasteiger partial charge in [0.05, 0.1) is 5.56 Å². The molecule has 0 atom stereocenters. The lowest BCUT2D eigenvalue weighted by atomic mass is 9.97. The Morgan fingerprint density at radius 1 is 1.12 bits per heavy atom. The van der Waals surface area contributed by atoms with Gasteiger partial charge in [0.2, 0.25) is 5.69 Å². The molecule has 2 aromatic rings. The molecular weight excluding hydrogens is 194 g/mol. The van der Waals surface area contributed by atoms with Gasteiger partial charge in [0.15, 0.2) is 6.20 Å². The van der Waals surface area contributed by atoms with Crippen molar-refractivity contribution in [1.29, 1.82) is 0 Å². The molecule has 0 unspecified atom stereocenters. The van der Waals surface area contributed by atoms with Crippen LogP contribution in [0.5, 0.6) is 0 Å². The summed E-state index contributed by atoms with van der Waals surface area (Å²) >= 11 is 0. The van der Waals surface area contributed by atoms with Gasteiger partial charge in [-0.1, -0.05) is 17.7 Å². The molecule has 0 aliphatic carbocycles. The maximum atomic E-state index is 7.77. The van der Waals surface area contributed by atoms with Crippen molar-refractivity contribution in [2.45, 2.75) is 20.6 Å². The van der Waals surface area contributed by atoms with Gasteiger partial charge in [-0.25, -0.2) is 4.57 Å². The van der Waals surface area contributed by atoms with Crippen LogP contribution in [0.4, 0.5) is 0 Å². The second kappa shape index (κ2) is 4.09. The zero-order valence-electron chi connectivity index (χ0n) is 15.4. The van der Waals surface area contributed by atoms with E-state index >= 15 is 0 Å². The molecule has 2 rings (SSSR count). The number of pyridine rings is 1. The zero-order valence-corrected chi connectivity index (χ0v) is 9.41. The molecule has 0 spiro atoms. The molecule has 1 nitrogen and oxygen atoms in total. The van der Waals surface area contributed by atoms with Gasteiger partial charge in [0.25, 0.3) is 0 Å². The lowest BCUT2D eigenvalue weighted by Gasteiger charge is -2.09. The van der Waals surface area contributed by atoms with E-state index in [2.05, 4.69) is 0 Å². The minimum Gasteiger partial charge on any atom is -0.201 e. The molecule has 0 amide bonds. The first-order chi connectivity index (χ1) is 10.0. The number of rotatable bonds is 1. The standard InChI is InChI=1S/C15H18N/c1-11-9-12(2)15(13(3)10-11)14-7-5-6-8-16(14)4/h5-10H,1-4H3/q+1/i1D3,2D3. The van der Waals surface area contributed by atoms with E-state index < -0.39 is 13.7 Å². The van der Waals surface area contributed by atoms with Crippen molar-refractivity contribution in [3.63, 3.8) is 0 Å². The van der Waals surface area contributed by atoms with Gasteiger partial charge >= 0.3 is 0 Å². The van der Waals surface area contributed by atoms with Gasteiger partial charge in [-0.15, -0.1) is 0 Å². The van der Waals surface area contributed by atoms with Crippen LogP contribution >= 0.6 is 0 Å². The third-order valence-electron chi connectivity index (χ3n) is 2.65. The van der Waals surface area contributed by atoms with Crippen LogP contribution in [0, 0.1) is 20.6 Å². The van der Waals surface area contributed by atoms with Crippen molar-refractivity contribution in [2.24, 2.45) is 7.05 Å². The molecule has 0 saturated heterocycles. The summed E-state index contributed by atoms with van der Waals surface area (Å²) < 4.78 is 47.7. The average molecular weight is 218 g/mol. The Balaban J connectivity index is 2.82. The highest BCUT2D eigenvalue weighted by molar-refractivity contribution is 5.65. The van der Waals surface area contributed by atoms with Crippen LogP contribution in [-0.4, -0.2) is 0 Å². The average Bonchev–Trinajstić information content (AvgIpc) is 2.37. The first kappa shape index (κ1) is 5.62. The van der Waals surface area contributed by atoms with E-state index in [0.717, 1.165) is 5.69 Å². The van der Waals surface area contributed by atoms with Crippen LogP contribution in [0.1, 0.15) is 24.9 Å². The molecule has 16 heavy (non-hydrogen) atoms. The maximum Gasteiger partial charge on any atom is 0.212 e. The summed E-state index contributed by atoms with van der Waals surface area (Å²) in [7, 11) is 1.83. The first-order valence-corrected chi connectivity index (χ1v) is 5.12. The summed E-state index contributed by atoms with van der Waals surface area (Å²) in [5.74, 6) is 0. The van der Waals surface area contributed by atoms with Crippen LogP contribution in [-0.2, 0) is 7.05 Å². The minimum absolute atomic E-state index is 0.0541. The van der Waals surface area contributed by atoms with Gasteiger partial charge < -0.3 is 0 Å². The summed E-state index contributed by atoms with van der Waals surface area (Å²) in [4.78, 5) is 0. The van der Waals surface area contributed by atoms with Crippen molar-refractivity contribution in [3.05, 3.63) is 53.2 Å². The summed E-state index contributed by atoms with van der Waals surface area (Å²) in [5.41, 5.74) is 2.07. The predicted molar refractivity (Wildman–Crippen MR) is 67.3 cm³/mol. The lowest BCUT2D eigenvalue weighted by Crippen LogP contribution is -2.30. The highest BCUT2D eigenvalue weighted by atomic mass is 14.9. The molecule has 82 valence electrons. The van der Waals surface area contributed by atoms with Gasteiger partial charge in [0.1, 0.15) is 7.05 Å². The summed E-state index contributed by atoms with van der Waals surface area (Å²) in [5, 5.41) is 0. The SMILES string of the molecule is [2H]C([2H])([2H])c1cc(C)c(-c2cccc[n+]2C)c(C([2H])([2H])[2H])c1. The Bertz CT molecular complexity index is 700. The van der Waals surface area contributed by atoms with Gasteiger partial charge in [-0.05, 0) is 37.8 Å². The van der Waals surface area contributed by atoms with Crippen molar-refractivity contribution < 1.29 is 12.8 Å². The van der Waals surface area contributed by atoms with E-state index in [1.165, 1.54) is 6.07 Å². The Labute approximate surface area is 106 Å². The predicted octanol–water partition coefficient (Wildman–Crippen LogP) is 3.10. The van der Waals surface area contributed by atoms with Crippen LogP contribution in [0.25, 0.3) is 11.3 Å². The molecule has 0 N–H and O–H groups in total. The Hall–Kier alpha value is -1.63. The van der Waals surface area contributed by atoms with Crippen LogP contribution in [0.15, 0.2) is 36.5 Å². The van der Waals surface area contributed by atoms with E-state index in [9.17, 15) is 0 Å². The van der Waals surface area contributed by atoms with Crippen LogP contribution < -0.4 is 4.57 Å². The number of nitrogens with zero attached hydrogens (tertiary/aromatic N) is 1. The molecule has 1 aromatic carbocycles. The molecule has 0 bridgehead atoms. The number of benzene rings is 1. The second-order valence-electron chi connectivity index (χ2n) is 3.91. The van der Waals surface area contributed by atoms with Crippen LogP contribution in [0.2, 0.25) is 0 Å². The third-order valence-corrected chi connectivity index (χ3v) is 2.65. The van der Waals surface area contributed by atoms with Crippen molar-refractivity contribution >= 4 is 0 Å². The molecule has 0 radical (unpaired) electrons. The monoisotopic (exact) mass is 218 g/mol. The smallest absolute Gasteiger partial charge is 0.201 e. The highest BCUT2D eigenvalue weighted by Crippen LogP contribution is 2.25. The summed E-state index contributed by atoms with van der Waals surface area (Å²) in [6, 6.07) is 8.34. The molecule has 1 heterocycles. The highest BCUT2D eigenvalue weighted by Gasteiger charge is 2.13. The van der Waals surface area contributed by atoms with Gasteiger partial charge in [-0.3, -0.25) is 0 Å².